The van der Waals surface area contributed by atoms with Gasteiger partial charge in [-0.1, -0.05) is 18.2 Å². The summed E-state index contributed by atoms with van der Waals surface area (Å²) in [5, 5.41) is 0. The van der Waals surface area contributed by atoms with E-state index >= 15 is 0 Å². The van der Waals surface area contributed by atoms with Gasteiger partial charge in [0.25, 0.3) is 0 Å². The highest BCUT2D eigenvalue weighted by Gasteiger charge is 2.01. The predicted octanol–water partition coefficient (Wildman–Crippen LogP) is 3.06. The van der Waals surface area contributed by atoms with Crippen molar-refractivity contribution in [2.24, 2.45) is 0 Å². The first-order valence-corrected chi connectivity index (χ1v) is 9.55. The van der Waals surface area contributed by atoms with Crippen LogP contribution in [0.3, 0.4) is 0 Å². The van der Waals surface area contributed by atoms with Gasteiger partial charge in [-0.25, -0.2) is 0 Å². The second-order valence-corrected chi connectivity index (χ2v) is 6.30. The van der Waals surface area contributed by atoms with Gasteiger partial charge >= 0.3 is 18.2 Å². The molecule has 0 spiro atoms. The van der Waals surface area contributed by atoms with Crippen LogP contribution in [0.25, 0.3) is 0 Å². The first kappa shape index (κ1) is 11.3. The van der Waals surface area contributed by atoms with E-state index < -0.39 is 0 Å². The summed E-state index contributed by atoms with van der Waals surface area (Å²) in [6.45, 7) is 2.78. The number of hydrogen-bond donors (Lipinski definition) is 0. The topological polar surface area (TPSA) is 9.23 Å². The monoisotopic (exact) mass is 252 g/mol. The van der Waals surface area contributed by atoms with Crippen molar-refractivity contribution >= 4 is 31.1 Å². The summed E-state index contributed by atoms with van der Waals surface area (Å²) < 4.78 is 6.83. The molecule has 0 saturated carbocycles. The Labute approximate surface area is 95.5 Å². The first-order chi connectivity index (χ1) is 6.38. The molecule has 1 aromatic carbocycles. The van der Waals surface area contributed by atoms with E-state index in [1.54, 1.807) is 0 Å². The van der Waals surface area contributed by atoms with Crippen LogP contribution < -0.4 is 4.74 Å². The van der Waals surface area contributed by atoms with E-state index in [1.165, 1.54) is 10.1 Å². The fourth-order valence-corrected chi connectivity index (χ4v) is 2.62. The van der Waals surface area contributed by atoms with Crippen molar-refractivity contribution in [2.75, 3.05) is 6.61 Å². The van der Waals surface area contributed by atoms with Gasteiger partial charge in [0.2, 0.25) is 0 Å². The smallest absolute Gasteiger partial charge is 0.468 e. The molecule has 0 amide bonds. The summed E-state index contributed by atoms with van der Waals surface area (Å²) >= 11 is 3.57. The maximum Gasteiger partial charge on any atom is 0.468 e. The zero-order chi connectivity index (χ0) is 9.52. The summed E-state index contributed by atoms with van der Waals surface area (Å²) in [4.78, 5) is 0. The maximum absolute atomic E-state index is 5.53. The van der Waals surface area contributed by atoms with E-state index in [2.05, 4.69) is 31.1 Å². The Bertz CT molecular complexity index is 252. The summed E-state index contributed by atoms with van der Waals surface area (Å²) in [6, 6.07) is 8.31. The molecular formula is C10H13BrMgO. The molecule has 0 unspecified atom stereocenters. The lowest BCUT2D eigenvalue weighted by Gasteiger charge is -2.08. The Morgan fingerprint density at radius 2 is 2.15 bits per heavy atom. The number of benzene rings is 1. The Morgan fingerprint density at radius 3 is 2.85 bits per heavy atom. The van der Waals surface area contributed by atoms with E-state index in [0.29, 0.717) is 0 Å². The zero-order valence-electron chi connectivity index (χ0n) is 7.92. The highest BCUT2D eigenvalue weighted by Crippen LogP contribution is 2.19. The molecule has 0 aliphatic carbocycles. The largest absolute Gasteiger partial charge is 0.494 e. The lowest BCUT2D eigenvalue weighted by molar-refractivity contribution is 0.337. The highest BCUT2D eigenvalue weighted by molar-refractivity contribution is 9.23. The average Bonchev–Trinajstić information content (AvgIpc) is 2.17. The van der Waals surface area contributed by atoms with Gasteiger partial charge in [-0.15, -0.1) is 4.55 Å². The van der Waals surface area contributed by atoms with Crippen molar-refractivity contribution in [1.82, 2.24) is 0 Å². The van der Waals surface area contributed by atoms with E-state index in [4.69, 9.17) is 4.74 Å². The molecule has 0 radical (unpaired) electrons. The van der Waals surface area contributed by atoms with Crippen molar-refractivity contribution in [3.63, 3.8) is 0 Å². The average molecular weight is 253 g/mol. The molecule has 0 aliphatic heterocycles. The van der Waals surface area contributed by atoms with Crippen LogP contribution in [-0.2, 0) is 6.42 Å². The number of aryl methyl sites for hydroxylation is 1. The minimum absolute atomic E-state index is 0.00281. The quantitative estimate of drug-likeness (QED) is 0.733. The van der Waals surface area contributed by atoms with Crippen LogP contribution in [0, 0.1) is 0 Å². The number of para-hydroxylation sites is 1. The van der Waals surface area contributed by atoms with Crippen LogP contribution in [0.15, 0.2) is 24.3 Å². The predicted molar refractivity (Wildman–Crippen MR) is 60.8 cm³/mol. The molecule has 0 aliphatic rings. The molecule has 1 nitrogen and oxygen atoms in total. The SMILES string of the molecule is CCOc1ccccc1C[CH2][Mg][Br]. The first-order valence-electron chi connectivity index (χ1n) is 4.65. The van der Waals surface area contributed by atoms with Gasteiger partial charge in [0.1, 0.15) is 5.75 Å². The minimum atomic E-state index is -0.00281. The second-order valence-electron chi connectivity index (χ2n) is 2.83. The van der Waals surface area contributed by atoms with Gasteiger partial charge in [-0.3, -0.25) is 0 Å². The number of ether oxygens (including phenoxy) is 1. The molecule has 0 saturated heterocycles. The number of halogens is 1. The lowest BCUT2D eigenvalue weighted by atomic mass is 10.1. The zero-order valence-corrected chi connectivity index (χ0v) is 10.9. The fourth-order valence-electron chi connectivity index (χ4n) is 1.26. The Morgan fingerprint density at radius 1 is 1.38 bits per heavy atom. The Kier molecular flexibility index (Phi) is 5.83. The molecule has 0 heterocycles. The summed E-state index contributed by atoms with van der Waals surface area (Å²) in [5.41, 5.74) is 1.34. The Balaban J connectivity index is 2.66. The van der Waals surface area contributed by atoms with Gasteiger partial charge in [0.15, 0.2) is 0 Å². The number of rotatable bonds is 5. The highest BCUT2D eigenvalue weighted by atomic mass is 79.9. The molecule has 0 bridgehead atoms. The van der Waals surface area contributed by atoms with Gasteiger partial charge < -0.3 is 17.6 Å². The Hall–Kier alpha value is 0.266. The third kappa shape index (κ3) is 3.87. The van der Waals surface area contributed by atoms with E-state index in [0.717, 1.165) is 18.8 Å². The molecular weight excluding hydrogens is 240 g/mol. The normalized spacial score (nSPS) is 9.38. The van der Waals surface area contributed by atoms with Crippen molar-refractivity contribution in [3.8, 4) is 5.75 Å². The molecule has 1 rings (SSSR count). The van der Waals surface area contributed by atoms with Gasteiger partial charge in [0.05, 0.1) is 6.61 Å². The van der Waals surface area contributed by atoms with Crippen molar-refractivity contribution in [2.45, 2.75) is 17.9 Å². The van der Waals surface area contributed by atoms with Gasteiger partial charge in [-0.05, 0) is 25.0 Å². The third-order valence-electron chi connectivity index (χ3n) is 1.85. The molecule has 0 fully saturated rings. The molecule has 0 atom stereocenters. The molecule has 0 aromatic heterocycles. The van der Waals surface area contributed by atoms with E-state index in [1.807, 2.05) is 13.0 Å². The van der Waals surface area contributed by atoms with Crippen LogP contribution in [0.1, 0.15) is 12.5 Å². The summed E-state index contributed by atoms with van der Waals surface area (Å²) in [7, 11) is 0. The standard InChI is InChI=1S/C10H13O.BrH.Mg/c1-3-9-7-5-6-8-10(9)11-4-2;;/h5-8H,1,3-4H2,2H3;1H;/q;;+1/p-1. The molecule has 13 heavy (non-hydrogen) atoms. The van der Waals surface area contributed by atoms with Crippen molar-refractivity contribution in [3.05, 3.63) is 29.8 Å². The summed E-state index contributed by atoms with van der Waals surface area (Å²) in [6.07, 6.45) is 1.15. The van der Waals surface area contributed by atoms with Crippen LogP contribution >= 0.6 is 12.9 Å². The molecule has 3 heteroatoms. The summed E-state index contributed by atoms with van der Waals surface area (Å²) in [5.74, 6) is 1.06. The lowest BCUT2D eigenvalue weighted by Crippen LogP contribution is -1.96. The minimum Gasteiger partial charge on any atom is -0.494 e. The van der Waals surface area contributed by atoms with Crippen LogP contribution in [-0.4, -0.2) is 24.8 Å². The molecule has 68 valence electrons. The van der Waals surface area contributed by atoms with Crippen molar-refractivity contribution < 1.29 is 4.74 Å². The molecule has 1 aromatic rings. The second kappa shape index (κ2) is 6.68. The van der Waals surface area contributed by atoms with Gasteiger partial charge in [0, 0.05) is 0 Å². The number of hydrogen-bond acceptors (Lipinski definition) is 1. The third-order valence-corrected chi connectivity index (χ3v) is 4.16. The van der Waals surface area contributed by atoms with E-state index in [-0.39, 0.29) is 18.2 Å². The van der Waals surface area contributed by atoms with Gasteiger partial charge in [-0.2, -0.15) is 0 Å². The van der Waals surface area contributed by atoms with Crippen LogP contribution in [0.5, 0.6) is 5.75 Å². The van der Waals surface area contributed by atoms with Crippen LogP contribution in [0.2, 0.25) is 4.55 Å². The maximum atomic E-state index is 5.53. The van der Waals surface area contributed by atoms with Crippen LogP contribution in [0.4, 0.5) is 0 Å². The van der Waals surface area contributed by atoms with E-state index in [9.17, 15) is 0 Å². The molecule has 0 N–H and O–H groups in total. The van der Waals surface area contributed by atoms with Crippen molar-refractivity contribution in [1.29, 1.82) is 0 Å². The fraction of sp³-hybridized carbons (Fsp3) is 0.400.